The summed E-state index contributed by atoms with van der Waals surface area (Å²) in [7, 11) is 1.64. The van der Waals surface area contributed by atoms with Gasteiger partial charge in [0, 0.05) is 28.8 Å². The lowest BCUT2D eigenvalue weighted by atomic mass is 10.1. The summed E-state index contributed by atoms with van der Waals surface area (Å²) in [6.45, 7) is 0.905. The van der Waals surface area contributed by atoms with Gasteiger partial charge in [-0.15, -0.1) is 0 Å². The van der Waals surface area contributed by atoms with Crippen molar-refractivity contribution in [1.29, 1.82) is 0 Å². The molecule has 0 atom stereocenters. The van der Waals surface area contributed by atoms with Crippen LogP contribution in [0.25, 0.3) is 0 Å². The molecule has 0 aliphatic rings. The van der Waals surface area contributed by atoms with Crippen molar-refractivity contribution in [3.63, 3.8) is 0 Å². The van der Waals surface area contributed by atoms with Crippen molar-refractivity contribution in [3.05, 3.63) is 94.2 Å². The summed E-state index contributed by atoms with van der Waals surface area (Å²) in [5.74, 6) is 0.550. The fourth-order valence-corrected chi connectivity index (χ4v) is 3.23. The number of thiocarbonyl (C=S) groups is 1. The molecule has 144 valence electrons. The molecule has 0 aliphatic heterocycles. The molecule has 0 radical (unpaired) electrons. The van der Waals surface area contributed by atoms with Crippen molar-refractivity contribution < 1.29 is 9.13 Å². The summed E-state index contributed by atoms with van der Waals surface area (Å²) in [4.78, 5) is 1.94. The van der Waals surface area contributed by atoms with E-state index in [2.05, 4.69) is 21.2 Å². The molecule has 0 spiro atoms. The predicted molar refractivity (Wildman–Crippen MR) is 119 cm³/mol. The summed E-state index contributed by atoms with van der Waals surface area (Å²) in [6, 6.07) is 22.3. The van der Waals surface area contributed by atoms with Gasteiger partial charge in [0.2, 0.25) is 0 Å². The average Bonchev–Trinajstić information content (AvgIpc) is 2.71. The Morgan fingerprint density at radius 3 is 2.32 bits per heavy atom. The predicted octanol–water partition coefficient (Wildman–Crippen LogP) is 6.00. The Kier molecular flexibility index (Phi) is 7.01. The summed E-state index contributed by atoms with van der Waals surface area (Å²) in [6.07, 6.45) is 0. The summed E-state index contributed by atoms with van der Waals surface area (Å²) >= 11 is 9.06. The van der Waals surface area contributed by atoms with Crippen molar-refractivity contribution in [3.8, 4) is 5.75 Å². The monoisotopic (exact) mass is 458 g/mol. The summed E-state index contributed by atoms with van der Waals surface area (Å²) < 4.78 is 20.4. The third-order valence-corrected chi connectivity index (χ3v) is 5.12. The van der Waals surface area contributed by atoms with Crippen LogP contribution in [0.15, 0.2) is 77.3 Å². The molecule has 0 unspecified atom stereocenters. The second kappa shape index (κ2) is 9.66. The van der Waals surface area contributed by atoms with E-state index < -0.39 is 0 Å². The molecule has 0 bridgehead atoms. The normalized spacial score (nSPS) is 10.4. The highest BCUT2D eigenvalue weighted by Crippen LogP contribution is 2.19. The Morgan fingerprint density at radius 2 is 1.68 bits per heavy atom. The quantitative estimate of drug-likeness (QED) is 0.458. The number of hydrogen-bond acceptors (Lipinski definition) is 2. The first kappa shape index (κ1) is 20.3. The van der Waals surface area contributed by atoms with E-state index >= 15 is 0 Å². The maximum Gasteiger partial charge on any atom is 0.174 e. The van der Waals surface area contributed by atoms with Crippen LogP contribution in [0.1, 0.15) is 11.1 Å². The van der Waals surface area contributed by atoms with Crippen LogP contribution in [0.5, 0.6) is 5.75 Å². The molecule has 0 aliphatic carbocycles. The van der Waals surface area contributed by atoms with E-state index in [1.807, 2.05) is 59.5 Å². The topological polar surface area (TPSA) is 24.5 Å². The van der Waals surface area contributed by atoms with Crippen LogP contribution >= 0.6 is 28.1 Å². The van der Waals surface area contributed by atoms with Gasteiger partial charge in [-0.3, -0.25) is 0 Å². The smallest absolute Gasteiger partial charge is 0.174 e. The largest absolute Gasteiger partial charge is 0.497 e. The molecular formula is C22H20BrFN2OS. The van der Waals surface area contributed by atoms with Gasteiger partial charge in [0.05, 0.1) is 7.11 Å². The van der Waals surface area contributed by atoms with Crippen LogP contribution in [0.3, 0.4) is 0 Å². The number of ether oxygens (including phenoxy) is 1. The lowest BCUT2D eigenvalue weighted by molar-refractivity contribution is 0.400. The Hall–Kier alpha value is -2.44. The van der Waals surface area contributed by atoms with Gasteiger partial charge < -0.3 is 15.0 Å². The Bertz CT molecular complexity index is 932. The number of halogens is 2. The summed E-state index contributed by atoms with van der Waals surface area (Å²) in [5, 5.41) is 3.77. The molecule has 0 amide bonds. The average molecular weight is 459 g/mol. The van der Waals surface area contributed by atoms with E-state index in [4.69, 9.17) is 17.0 Å². The molecule has 3 aromatic rings. The van der Waals surface area contributed by atoms with Crippen molar-refractivity contribution in [2.75, 3.05) is 12.4 Å². The molecule has 3 aromatic carbocycles. The Morgan fingerprint density at radius 1 is 1.00 bits per heavy atom. The second-order valence-electron chi connectivity index (χ2n) is 6.23. The van der Waals surface area contributed by atoms with Crippen molar-refractivity contribution in [2.45, 2.75) is 13.1 Å². The Labute approximate surface area is 178 Å². The highest BCUT2D eigenvalue weighted by Gasteiger charge is 2.14. The van der Waals surface area contributed by atoms with Crippen LogP contribution in [-0.2, 0) is 13.1 Å². The zero-order chi connectivity index (χ0) is 19.9. The van der Waals surface area contributed by atoms with E-state index in [1.165, 1.54) is 6.07 Å². The van der Waals surface area contributed by atoms with Crippen LogP contribution in [-0.4, -0.2) is 17.1 Å². The lowest BCUT2D eigenvalue weighted by Crippen LogP contribution is -2.34. The number of hydrogen-bond donors (Lipinski definition) is 1. The lowest BCUT2D eigenvalue weighted by Gasteiger charge is -2.26. The number of nitrogens with zero attached hydrogens (tertiary/aromatic N) is 1. The molecule has 28 heavy (non-hydrogen) atoms. The molecule has 1 N–H and O–H groups in total. The number of nitrogens with one attached hydrogen (secondary N) is 1. The first-order valence-corrected chi connectivity index (χ1v) is 9.93. The molecule has 3 rings (SSSR count). The SMILES string of the molecule is COc1ccc(CN(Cc2ccccc2F)C(=S)Nc2ccc(Br)cc2)cc1. The summed E-state index contributed by atoms with van der Waals surface area (Å²) in [5.41, 5.74) is 2.52. The zero-order valence-corrected chi connectivity index (χ0v) is 17.8. The standard InChI is InChI=1S/C22H20BrFN2OS/c1-27-20-12-6-16(7-13-20)14-26(15-17-4-2-3-5-21(17)24)22(28)25-19-10-8-18(23)9-11-19/h2-13H,14-15H2,1H3,(H,25,28). The van der Waals surface area contributed by atoms with E-state index in [0.717, 1.165) is 21.5 Å². The van der Waals surface area contributed by atoms with Gasteiger partial charge in [0.15, 0.2) is 5.11 Å². The van der Waals surface area contributed by atoms with Gasteiger partial charge >= 0.3 is 0 Å². The molecule has 0 heterocycles. The highest BCUT2D eigenvalue weighted by atomic mass is 79.9. The molecule has 6 heteroatoms. The molecule has 0 saturated heterocycles. The van der Waals surface area contributed by atoms with Crippen LogP contribution < -0.4 is 10.1 Å². The van der Waals surface area contributed by atoms with Gasteiger partial charge in [0.25, 0.3) is 0 Å². The van der Waals surface area contributed by atoms with Gasteiger partial charge in [-0.1, -0.05) is 46.3 Å². The molecule has 3 nitrogen and oxygen atoms in total. The van der Waals surface area contributed by atoms with Crippen LogP contribution in [0.4, 0.5) is 10.1 Å². The number of benzene rings is 3. The minimum atomic E-state index is -0.242. The zero-order valence-electron chi connectivity index (χ0n) is 15.4. The van der Waals surface area contributed by atoms with Gasteiger partial charge in [-0.05, 0) is 60.2 Å². The second-order valence-corrected chi connectivity index (χ2v) is 7.53. The van der Waals surface area contributed by atoms with Crippen molar-refractivity contribution in [2.24, 2.45) is 0 Å². The van der Waals surface area contributed by atoms with Gasteiger partial charge in [0.1, 0.15) is 11.6 Å². The van der Waals surface area contributed by atoms with E-state index in [-0.39, 0.29) is 5.82 Å². The molecule has 0 aromatic heterocycles. The molecule has 0 fully saturated rings. The van der Waals surface area contributed by atoms with Gasteiger partial charge in [-0.2, -0.15) is 0 Å². The number of methoxy groups -OCH3 is 1. The van der Waals surface area contributed by atoms with E-state index in [9.17, 15) is 4.39 Å². The third kappa shape index (κ3) is 5.53. The first-order valence-electron chi connectivity index (χ1n) is 8.73. The van der Waals surface area contributed by atoms with Crippen molar-refractivity contribution >= 4 is 38.9 Å². The minimum Gasteiger partial charge on any atom is -0.497 e. The van der Waals surface area contributed by atoms with Crippen LogP contribution in [0, 0.1) is 5.82 Å². The van der Waals surface area contributed by atoms with Gasteiger partial charge in [-0.25, -0.2) is 4.39 Å². The van der Waals surface area contributed by atoms with Crippen molar-refractivity contribution in [1.82, 2.24) is 4.90 Å². The number of rotatable bonds is 6. The maximum atomic E-state index is 14.2. The van der Waals surface area contributed by atoms with Crippen LogP contribution in [0.2, 0.25) is 0 Å². The molecular weight excluding hydrogens is 439 g/mol. The first-order chi connectivity index (χ1) is 13.5. The van der Waals surface area contributed by atoms with E-state index in [0.29, 0.717) is 23.8 Å². The highest BCUT2D eigenvalue weighted by molar-refractivity contribution is 9.10. The maximum absolute atomic E-state index is 14.2. The minimum absolute atomic E-state index is 0.242. The fourth-order valence-electron chi connectivity index (χ4n) is 2.72. The Balaban J connectivity index is 1.80. The number of anilines is 1. The molecule has 0 saturated carbocycles. The third-order valence-electron chi connectivity index (χ3n) is 4.23. The fraction of sp³-hybridized carbons (Fsp3) is 0.136. The van der Waals surface area contributed by atoms with E-state index in [1.54, 1.807) is 19.2 Å².